The Balaban J connectivity index is 1.64. The molecule has 0 bridgehead atoms. The average molecular weight is 452 g/mol. The highest BCUT2D eigenvalue weighted by atomic mass is 32.2. The second kappa shape index (κ2) is 9.54. The lowest BCUT2D eigenvalue weighted by atomic mass is 9.71. The molecule has 0 unspecified atom stereocenters. The summed E-state index contributed by atoms with van der Waals surface area (Å²) in [6.45, 7) is 4.91. The molecule has 3 heterocycles. The predicted octanol–water partition coefficient (Wildman–Crippen LogP) is 0.788. The number of amides is 1. The number of fused-ring (bicyclic) bond motifs is 1. The molecule has 172 valence electrons. The summed E-state index contributed by atoms with van der Waals surface area (Å²) in [5.74, 6) is 0.0820. The molecule has 1 aromatic rings. The summed E-state index contributed by atoms with van der Waals surface area (Å²) in [5.41, 5.74) is 0.471. The number of likely N-dealkylation sites (tertiary alicyclic amines) is 1. The lowest BCUT2D eigenvalue weighted by Crippen LogP contribution is -2.69. The summed E-state index contributed by atoms with van der Waals surface area (Å²) in [7, 11) is -1.83. The Morgan fingerprint density at radius 2 is 1.94 bits per heavy atom. The van der Waals surface area contributed by atoms with E-state index in [0.29, 0.717) is 58.8 Å². The van der Waals surface area contributed by atoms with Crippen LogP contribution < -0.4 is 0 Å². The second-order valence-corrected chi connectivity index (χ2v) is 10.8. The first-order valence-corrected chi connectivity index (χ1v) is 12.7. The van der Waals surface area contributed by atoms with Crippen molar-refractivity contribution >= 4 is 15.9 Å². The van der Waals surface area contributed by atoms with E-state index in [1.165, 1.54) is 5.56 Å². The standard InChI is InChI=1S/C22H33N3O5S/c1-29-13-12-25-20-7-9-23(17-19-5-3-2-4-6-19)18-22(20,8-16-31(25,27)28)21(26)24-10-14-30-15-11-24/h2-6,20H,7-18H2,1H3/t20-,22+/m1/s1. The van der Waals surface area contributed by atoms with Gasteiger partial charge >= 0.3 is 0 Å². The molecular formula is C22H33N3O5S. The van der Waals surface area contributed by atoms with E-state index in [2.05, 4.69) is 17.0 Å². The lowest BCUT2D eigenvalue weighted by molar-refractivity contribution is -0.155. The first-order valence-electron chi connectivity index (χ1n) is 11.1. The van der Waals surface area contributed by atoms with Gasteiger partial charge in [-0.15, -0.1) is 0 Å². The number of piperidine rings is 1. The van der Waals surface area contributed by atoms with E-state index in [1.54, 1.807) is 11.4 Å². The van der Waals surface area contributed by atoms with Gasteiger partial charge in [0, 0.05) is 52.4 Å². The molecule has 9 heteroatoms. The Morgan fingerprint density at radius 3 is 2.65 bits per heavy atom. The largest absolute Gasteiger partial charge is 0.383 e. The average Bonchev–Trinajstić information content (AvgIpc) is 2.79. The molecule has 1 aromatic carbocycles. The van der Waals surface area contributed by atoms with Crippen LogP contribution in [0.1, 0.15) is 18.4 Å². The SMILES string of the molecule is COCCN1[C@@H]2CCN(Cc3ccccc3)C[C@@]2(C(=O)N2CCOCC2)CCS1(=O)=O. The van der Waals surface area contributed by atoms with E-state index in [4.69, 9.17) is 9.47 Å². The Kier molecular flexibility index (Phi) is 6.98. The molecule has 1 amide bonds. The van der Waals surface area contributed by atoms with Crippen LogP contribution in [0.25, 0.3) is 0 Å². The topological polar surface area (TPSA) is 79.4 Å². The summed E-state index contributed by atoms with van der Waals surface area (Å²) in [6.07, 6.45) is 1.01. The number of rotatable bonds is 6. The minimum absolute atomic E-state index is 0.00245. The monoisotopic (exact) mass is 451 g/mol. The van der Waals surface area contributed by atoms with Crippen molar-refractivity contribution in [3.8, 4) is 0 Å². The third kappa shape index (κ3) is 4.66. The molecule has 0 radical (unpaired) electrons. The normalized spacial score (nSPS) is 29.5. The van der Waals surface area contributed by atoms with Crippen LogP contribution in [-0.4, -0.2) is 99.9 Å². The van der Waals surface area contributed by atoms with Crippen molar-refractivity contribution in [3.63, 3.8) is 0 Å². The molecule has 3 saturated heterocycles. The zero-order chi connectivity index (χ0) is 21.9. The number of ether oxygens (including phenoxy) is 2. The number of carbonyl (C=O) groups excluding carboxylic acids is 1. The van der Waals surface area contributed by atoms with Crippen molar-refractivity contribution in [2.45, 2.75) is 25.4 Å². The van der Waals surface area contributed by atoms with Crippen LogP contribution in [0.5, 0.6) is 0 Å². The van der Waals surface area contributed by atoms with Gasteiger partial charge in [-0.2, -0.15) is 4.31 Å². The van der Waals surface area contributed by atoms with E-state index < -0.39 is 15.4 Å². The molecule has 4 rings (SSSR count). The minimum Gasteiger partial charge on any atom is -0.383 e. The van der Waals surface area contributed by atoms with Crippen LogP contribution in [0.15, 0.2) is 30.3 Å². The number of benzene rings is 1. The van der Waals surface area contributed by atoms with Gasteiger partial charge in [-0.05, 0) is 18.4 Å². The van der Waals surface area contributed by atoms with Crippen molar-refractivity contribution in [2.75, 3.05) is 65.4 Å². The molecule has 3 aliphatic rings. The summed E-state index contributed by atoms with van der Waals surface area (Å²) in [6, 6.07) is 9.91. The van der Waals surface area contributed by atoms with Crippen LogP contribution in [0, 0.1) is 5.41 Å². The summed E-state index contributed by atoms with van der Waals surface area (Å²) in [5, 5.41) is 0. The van der Waals surface area contributed by atoms with Crippen LogP contribution in [0.2, 0.25) is 0 Å². The number of nitrogens with zero attached hydrogens (tertiary/aromatic N) is 3. The Labute approximate surface area is 185 Å². The number of morpholine rings is 1. The third-order valence-electron chi connectivity index (χ3n) is 6.86. The van der Waals surface area contributed by atoms with Crippen molar-refractivity contribution in [1.82, 2.24) is 14.1 Å². The smallest absolute Gasteiger partial charge is 0.231 e. The van der Waals surface area contributed by atoms with Gasteiger partial charge in [0.15, 0.2) is 0 Å². The van der Waals surface area contributed by atoms with E-state index in [0.717, 1.165) is 13.1 Å². The van der Waals surface area contributed by atoms with E-state index >= 15 is 0 Å². The van der Waals surface area contributed by atoms with Gasteiger partial charge in [-0.3, -0.25) is 9.69 Å². The molecule has 0 spiro atoms. The van der Waals surface area contributed by atoms with Gasteiger partial charge in [-0.25, -0.2) is 8.42 Å². The van der Waals surface area contributed by atoms with Gasteiger partial charge < -0.3 is 14.4 Å². The maximum Gasteiger partial charge on any atom is 0.231 e. The van der Waals surface area contributed by atoms with Gasteiger partial charge in [-0.1, -0.05) is 30.3 Å². The number of hydrogen-bond acceptors (Lipinski definition) is 6. The predicted molar refractivity (Wildman–Crippen MR) is 117 cm³/mol. The molecule has 31 heavy (non-hydrogen) atoms. The molecule has 8 nitrogen and oxygen atoms in total. The van der Waals surface area contributed by atoms with Gasteiger partial charge in [0.1, 0.15) is 0 Å². The summed E-state index contributed by atoms with van der Waals surface area (Å²) < 4.78 is 38.2. The fraction of sp³-hybridized carbons (Fsp3) is 0.682. The maximum atomic E-state index is 13.9. The molecule has 3 fully saturated rings. The van der Waals surface area contributed by atoms with Crippen LogP contribution in [-0.2, 0) is 30.8 Å². The highest BCUT2D eigenvalue weighted by Gasteiger charge is 2.58. The highest BCUT2D eigenvalue weighted by Crippen LogP contribution is 2.44. The molecule has 3 aliphatic heterocycles. The fourth-order valence-electron chi connectivity index (χ4n) is 5.30. The fourth-order valence-corrected chi connectivity index (χ4v) is 7.21. The zero-order valence-electron chi connectivity index (χ0n) is 18.2. The molecule has 0 N–H and O–H groups in total. The minimum atomic E-state index is -3.41. The van der Waals surface area contributed by atoms with Crippen LogP contribution in [0.4, 0.5) is 0 Å². The van der Waals surface area contributed by atoms with Crippen molar-refractivity contribution in [3.05, 3.63) is 35.9 Å². The third-order valence-corrected chi connectivity index (χ3v) is 8.73. The molecule has 0 aromatic heterocycles. The molecule has 2 atom stereocenters. The van der Waals surface area contributed by atoms with Crippen LogP contribution in [0.3, 0.4) is 0 Å². The number of sulfonamides is 1. The van der Waals surface area contributed by atoms with Gasteiger partial charge in [0.05, 0.1) is 31.0 Å². The zero-order valence-corrected chi connectivity index (χ0v) is 19.1. The highest BCUT2D eigenvalue weighted by molar-refractivity contribution is 7.89. The first kappa shape index (κ1) is 22.7. The first-order chi connectivity index (χ1) is 15.0. The lowest BCUT2D eigenvalue weighted by Gasteiger charge is -2.54. The van der Waals surface area contributed by atoms with E-state index in [-0.39, 0.29) is 17.7 Å². The number of hydrogen-bond donors (Lipinski definition) is 0. The van der Waals surface area contributed by atoms with E-state index in [1.807, 2.05) is 23.1 Å². The Hall–Kier alpha value is -1.52. The molecular weight excluding hydrogens is 418 g/mol. The molecule has 0 saturated carbocycles. The second-order valence-electron chi connectivity index (χ2n) is 8.73. The van der Waals surface area contributed by atoms with Crippen molar-refractivity contribution in [2.24, 2.45) is 5.41 Å². The number of carbonyl (C=O) groups is 1. The van der Waals surface area contributed by atoms with Crippen molar-refractivity contribution < 1.29 is 22.7 Å². The number of methoxy groups -OCH3 is 1. The van der Waals surface area contributed by atoms with Gasteiger partial charge in [0.25, 0.3) is 0 Å². The van der Waals surface area contributed by atoms with Gasteiger partial charge in [0.2, 0.25) is 15.9 Å². The Bertz CT molecular complexity index is 859. The summed E-state index contributed by atoms with van der Waals surface area (Å²) in [4.78, 5) is 18.1. The molecule has 0 aliphatic carbocycles. The maximum absolute atomic E-state index is 13.9. The van der Waals surface area contributed by atoms with E-state index in [9.17, 15) is 13.2 Å². The van der Waals surface area contributed by atoms with Crippen molar-refractivity contribution in [1.29, 1.82) is 0 Å². The quantitative estimate of drug-likeness (QED) is 0.636. The Morgan fingerprint density at radius 1 is 1.19 bits per heavy atom. The summed E-state index contributed by atoms with van der Waals surface area (Å²) >= 11 is 0. The van der Waals surface area contributed by atoms with Crippen LogP contribution >= 0.6 is 0 Å².